The largest absolute Gasteiger partial charge is 0.398 e. The molecule has 106 valence electrons. The van der Waals surface area contributed by atoms with E-state index < -0.39 is 0 Å². The van der Waals surface area contributed by atoms with Crippen molar-refractivity contribution in [1.82, 2.24) is 5.32 Å². The number of rotatable bonds is 6. The Kier molecular flexibility index (Phi) is 5.36. The fraction of sp³-hybridized carbons (Fsp3) is 0.533. The zero-order chi connectivity index (χ0) is 14.5. The van der Waals surface area contributed by atoms with Gasteiger partial charge in [0.05, 0.1) is 5.56 Å². The summed E-state index contributed by atoms with van der Waals surface area (Å²) in [4.78, 5) is 12.1. The molecule has 4 N–H and O–H groups in total. The molecule has 0 spiro atoms. The fourth-order valence-electron chi connectivity index (χ4n) is 1.93. The van der Waals surface area contributed by atoms with Crippen LogP contribution in [0.25, 0.3) is 0 Å². The van der Waals surface area contributed by atoms with E-state index in [1.54, 1.807) is 12.1 Å². The predicted octanol–water partition coefficient (Wildman–Crippen LogP) is 2.11. The first-order valence-corrected chi connectivity index (χ1v) is 6.61. The van der Waals surface area contributed by atoms with Gasteiger partial charge in [-0.3, -0.25) is 4.79 Å². The van der Waals surface area contributed by atoms with Crippen molar-refractivity contribution in [3.8, 4) is 0 Å². The Balaban J connectivity index is 2.62. The lowest BCUT2D eigenvalue weighted by molar-refractivity contribution is 0.0933. The van der Waals surface area contributed by atoms with E-state index in [0.717, 1.165) is 18.4 Å². The third-order valence-corrected chi connectivity index (χ3v) is 3.19. The highest BCUT2D eigenvalue weighted by atomic mass is 16.2. The lowest BCUT2D eigenvalue weighted by Gasteiger charge is -2.24. The molecule has 0 aliphatic carbocycles. The summed E-state index contributed by atoms with van der Waals surface area (Å²) in [6, 6.07) is 5.43. The maximum absolute atomic E-state index is 12.1. The molecule has 1 aromatic rings. The third kappa shape index (κ3) is 4.91. The highest BCUT2D eigenvalue weighted by molar-refractivity contribution is 5.99. The van der Waals surface area contributed by atoms with Crippen LogP contribution in [0.5, 0.6) is 0 Å². The predicted molar refractivity (Wildman–Crippen MR) is 78.0 cm³/mol. The van der Waals surface area contributed by atoms with E-state index in [0.29, 0.717) is 17.8 Å². The summed E-state index contributed by atoms with van der Waals surface area (Å²) in [7, 11) is 0. The average molecular weight is 264 g/mol. The lowest BCUT2D eigenvalue weighted by Crippen LogP contribution is -2.34. The molecule has 0 bridgehead atoms. The molecule has 1 amide bonds. The molecule has 0 saturated carbocycles. The van der Waals surface area contributed by atoms with Crippen LogP contribution in [0.3, 0.4) is 0 Å². The number of nitrogens with one attached hydrogen (secondary N) is 1. The third-order valence-electron chi connectivity index (χ3n) is 3.19. The van der Waals surface area contributed by atoms with Crippen LogP contribution < -0.4 is 11.1 Å². The Morgan fingerprint density at radius 1 is 1.42 bits per heavy atom. The van der Waals surface area contributed by atoms with Gasteiger partial charge in [-0.1, -0.05) is 25.5 Å². The van der Waals surface area contributed by atoms with Gasteiger partial charge in [-0.15, -0.1) is 0 Å². The van der Waals surface area contributed by atoms with Crippen LogP contribution in [0.2, 0.25) is 0 Å². The Bertz CT molecular complexity index is 442. The van der Waals surface area contributed by atoms with Crippen LogP contribution in [-0.2, 0) is 0 Å². The minimum atomic E-state index is -0.140. The summed E-state index contributed by atoms with van der Waals surface area (Å²) in [5.41, 5.74) is 7.82. The van der Waals surface area contributed by atoms with Crippen molar-refractivity contribution in [2.75, 3.05) is 18.9 Å². The molecule has 1 aromatic carbocycles. The van der Waals surface area contributed by atoms with Crippen LogP contribution in [0.15, 0.2) is 18.2 Å². The van der Waals surface area contributed by atoms with Crippen molar-refractivity contribution in [2.45, 2.75) is 33.6 Å². The first kappa shape index (κ1) is 15.5. The number of amides is 1. The monoisotopic (exact) mass is 264 g/mol. The molecule has 0 aliphatic heterocycles. The minimum absolute atomic E-state index is 0.0308. The molecule has 4 nitrogen and oxygen atoms in total. The van der Waals surface area contributed by atoms with E-state index in [1.165, 1.54) is 0 Å². The second kappa shape index (κ2) is 6.57. The number of carbonyl (C=O) groups is 1. The Hall–Kier alpha value is -1.55. The van der Waals surface area contributed by atoms with Gasteiger partial charge in [0.1, 0.15) is 0 Å². The van der Waals surface area contributed by atoms with Crippen molar-refractivity contribution >= 4 is 11.6 Å². The maximum Gasteiger partial charge on any atom is 0.253 e. The second-order valence-electron chi connectivity index (χ2n) is 5.76. The molecule has 0 radical (unpaired) electrons. The van der Waals surface area contributed by atoms with Gasteiger partial charge in [0.2, 0.25) is 0 Å². The maximum atomic E-state index is 12.1. The van der Waals surface area contributed by atoms with E-state index >= 15 is 0 Å². The summed E-state index contributed by atoms with van der Waals surface area (Å²) in [6.45, 7) is 6.83. The van der Waals surface area contributed by atoms with Gasteiger partial charge in [-0.2, -0.15) is 0 Å². The van der Waals surface area contributed by atoms with E-state index in [4.69, 9.17) is 10.8 Å². The number of hydrogen-bond donors (Lipinski definition) is 3. The van der Waals surface area contributed by atoms with Gasteiger partial charge in [0, 0.05) is 18.8 Å². The standard InChI is InChI=1S/C15H24N2O2/c1-11-5-6-13(16)12(9-11)14(19)17-10-15(2,3)7-4-8-18/h5-6,9,18H,4,7-8,10,16H2,1-3H3,(H,17,19). The van der Waals surface area contributed by atoms with Crippen LogP contribution in [-0.4, -0.2) is 24.2 Å². The number of aryl methyl sites for hydroxylation is 1. The summed E-state index contributed by atoms with van der Waals surface area (Å²) >= 11 is 0. The number of hydrogen-bond acceptors (Lipinski definition) is 3. The molecule has 0 unspecified atom stereocenters. The molecule has 0 atom stereocenters. The van der Waals surface area contributed by atoms with Gasteiger partial charge in [-0.25, -0.2) is 0 Å². The molecule has 0 saturated heterocycles. The van der Waals surface area contributed by atoms with Crippen LogP contribution in [0.1, 0.15) is 42.6 Å². The second-order valence-corrected chi connectivity index (χ2v) is 5.76. The van der Waals surface area contributed by atoms with E-state index in [1.807, 2.05) is 13.0 Å². The first-order valence-electron chi connectivity index (χ1n) is 6.61. The van der Waals surface area contributed by atoms with Crippen LogP contribution in [0, 0.1) is 12.3 Å². The quantitative estimate of drug-likeness (QED) is 0.689. The topological polar surface area (TPSA) is 75.4 Å². The minimum Gasteiger partial charge on any atom is -0.398 e. The normalized spacial score (nSPS) is 11.4. The number of aliphatic hydroxyl groups is 1. The Labute approximate surface area is 115 Å². The Morgan fingerprint density at radius 2 is 2.11 bits per heavy atom. The fourth-order valence-corrected chi connectivity index (χ4v) is 1.93. The number of anilines is 1. The SMILES string of the molecule is Cc1ccc(N)c(C(=O)NCC(C)(C)CCCO)c1. The van der Waals surface area contributed by atoms with Crippen molar-refractivity contribution in [3.63, 3.8) is 0 Å². The molecule has 0 fully saturated rings. The highest BCUT2D eigenvalue weighted by Crippen LogP contribution is 2.21. The summed E-state index contributed by atoms with van der Waals surface area (Å²) in [5, 5.41) is 11.8. The zero-order valence-corrected chi connectivity index (χ0v) is 12.0. The van der Waals surface area contributed by atoms with Crippen molar-refractivity contribution < 1.29 is 9.90 Å². The number of aliphatic hydroxyl groups excluding tert-OH is 1. The zero-order valence-electron chi connectivity index (χ0n) is 12.0. The highest BCUT2D eigenvalue weighted by Gasteiger charge is 2.19. The van der Waals surface area contributed by atoms with Gasteiger partial charge >= 0.3 is 0 Å². The van der Waals surface area contributed by atoms with Crippen LogP contribution >= 0.6 is 0 Å². The summed E-state index contributed by atoms with van der Waals surface area (Å²) in [6.07, 6.45) is 1.61. The lowest BCUT2D eigenvalue weighted by atomic mass is 9.88. The molecule has 19 heavy (non-hydrogen) atoms. The van der Waals surface area contributed by atoms with Gasteiger partial charge in [0.25, 0.3) is 5.91 Å². The number of nitrogen functional groups attached to an aromatic ring is 1. The van der Waals surface area contributed by atoms with Crippen LogP contribution in [0.4, 0.5) is 5.69 Å². The first-order chi connectivity index (χ1) is 8.85. The van der Waals surface area contributed by atoms with E-state index in [-0.39, 0.29) is 17.9 Å². The van der Waals surface area contributed by atoms with E-state index in [9.17, 15) is 4.79 Å². The molecule has 0 heterocycles. The molecular formula is C15H24N2O2. The smallest absolute Gasteiger partial charge is 0.253 e. The molecule has 1 rings (SSSR count). The number of carbonyl (C=O) groups excluding carboxylic acids is 1. The average Bonchev–Trinajstić information content (AvgIpc) is 2.36. The number of nitrogens with two attached hydrogens (primary N) is 1. The number of benzene rings is 1. The molecule has 0 aromatic heterocycles. The molecular weight excluding hydrogens is 240 g/mol. The van der Waals surface area contributed by atoms with E-state index in [2.05, 4.69) is 19.2 Å². The van der Waals surface area contributed by atoms with Gasteiger partial charge < -0.3 is 16.2 Å². The van der Waals surface area contributed by atoms with Crippen molar-refractivity contribution in [2.24, 2.45) is 5.41 Å². The van der Waals surface area contributed by atoms with Crippen molar-refractivity contribution in [3.05, 3.63) is 29.3 Å². The summed E-state index contributed by atoms with van der Waals surface area (Å²) in [5.74, 6) is -0.140. The molecule has 0 aliphatic rings. The molecule has 4 heteroatoms. The van der Waals surface area contributed by atoms with Gasteiger partial charge in [-0.05, 0) is 37.3 Å². The summed E-state index contributed by atoms with van der Waals surface area (Å²) < 4.78 is 0. The van der Waals surface area contributed by atoms with Gasteiger partial charge in [0.15, 0.2) is 0 Å². The van der Waals surface area contributed by atoms with Crippen molar-refractivity contribution in [1.29, 1.82) is 0 Å². The Morgan fingerprint density at radius 3 is 2.74 bits per heavy atom.